The molecule has 3 aromatic rings. The van der Waals surface area contributed by atoms with Crippen molar-refractivity contribution in [3.8, 4) is 22.4 Å². The Morgan fingerprint density at radius 2 is 1.84 bits per heavy atom. The zero-order chi connectivity index (χ0) is 22.5. The minimum atomic E-state index is -0.0784. The standard InChI is InChI=1S/C23H27N3O5S/c1-28-17-5-6-18-21(13-17)32-23(25-18)31-16-8-10-26(11-9-16)22(27)24-14-15-4-7-19(29-2)20(12-15)30-3/h4-7,12-13,16H,8-11,14H2,1-3H3,(H,24,27). The molecule has 0 spiro atoms. The highest BCUT2D eigenvalue weighted by Gasteiger charge is 2.24. The van der Waals surface area contributed by atoms with Crippen LogP contribution >= 0.6 is 11.3 Å². The Bertz CT molecular complexity index is 1080. The van der Waals surface area contributed by atoms with Crippen molar-refractivity contribution in [2.24, 2.45) is 0 Å². The molecule has 9 heteroatoms. The van der Waals surface area contributed by atoms with Crippen LogP contribution in [0.2, 0.25) is 0 Å². The first kappa shape index (κ1) is 22.0. The van der Waals surface area contributed by atoms with Gasteiger partial charge in [0.1, 0.15) is 11.9 Å². The number of nitrogens with zero attached hydrogens (tertiary/aromatic N) is 2. The number of fused-ring (bicyclic) bond motifs is 1. The highest BCUT2D eigenvalue weighted by atomic mass is 32.1. The number of likely N-dealkylation sites (tertiary alicyclic amines) is 1. The van der Waals surface area contributed by atoms with Gasteiger partial charge in [-0.25, -0.2) is 9.78 Å². The van der Waals surface area contributed by atoms with E-state index in [9.17, 15) is 4.79 Å². The number of benzene rings is 2. The van der Waals surface area contributed by atoms with Gasteiger partial charge in [0.2, 0.25) is 0 Å². The summed E-state index contributed by atoms with van der Waals surface area (Å²) in [6.45, 7) is 1.70. The number of rotatable bonds is 7. The summed E-state index contributed by atoms with van der Waals surface area (Å²) in [6.07, 6.45) is 1.58. The fourth-order valence-electron chi connectivity index (χ4n) is 3.66. The number of urea groups is 1. The highest BCUT2D eigenvalue weighted by molar-refractivity contribution is 7.20. The predicted molar refractivity (Wildman–Crippen MR) is 123 cm³/mol. The minimum absolute atomic E-state index is 0.0485. The van der Waals surface area contributed by atoms with E-state index in [1.165, 1.54) is 11.3 Å². The number of hydrogen-bond donors (Lipinski definition) is 1. The summed E-state index contributed by atoms with van der Waals surface area (Å²) in [5.74, 6) is 2.11. The largest absolute Gasteiger partial charge is 0.497 e. The van der Waals surface area contributed by atoms with Gasteiger partial charge in [0.05, 0.1) is 31.5 Å². The van der Waals surface area contributed by atoms with Gasteiger partial charge in [-0.3, -0.25) is 0 Å². The van der Waals surface area contributed by atoms with Gasteiger partial charge in [-0.1, -0.05) is 17.4 Å². The summed E-state index contributed by atoms with van der Waals surface area (Å²) in [5.41, 5.74) is 1.85. The molecular formula is C23H27N3O5S. The van der Waals surface area contributed by atoms with E-state index in [0.29, 0.717) is 36.3 Å². The average molecular weight is 458 g/mol. The van der Waals surface area contributed by atoms with Gasteiger partial charge in [-0.05, 0) is 35.9 Å². The molecule has 8 nitrogen and oxygen atoms in total. The Morgan fingerprint density at radius 1 is 1.06 bits per heavy atom. The van der Waals surface area contributed by atoms with E-state index in [-0.39, 0.29) is 12.1 Å². The molecule has 0 bridgehead atoms. The third-order valence-electron chi connectivity index (χ3n) is 5.46. The van der Waals surface area contributed by atoms with Gasteiger partial charge in [0.15, 0.2) is 11.5 Å². The molecule has 1 aliphatic rings. The van der Waals surface area contributed by atoms with Crippen LogP contribution in [0.4, 0.5) is 4.79 Å². The summed E-state index contributed by atoms with van der Waals surface area (Å²) in [5, 5.41) is 3.64. The number of piperidine rings is 1. The molecule has 1 aliphatic heterocycles. The number of nitrogens with one attached hydrogen (secondary N) is 1. The third kappa shape index (κ3) is 4.99. The predicted octanol–water partition coefficient (Wildman–Crippen LogP) is 4.08. The number of ether oxygens (including phenoxy) is 4. The summed E-state index contributed by atoms with van der Waals surface area (Å²) < 4.78 is 23.0. The Kier molecular flexibility index (Phi) is 6.84. The molecule has 4 rings (SSSR count). The second kappa shape index (κ2) is 9.95. The van der Waals surface area contributed by atoms with Crippen molar-refractivity contribution in [3.05, 3.63) is 42.0 Å². The number of carbonyl (C=O) groups is 1. The Balaban J connectivity index is 1.26. The first-order valence-corrected chi connectivity index (χ1v) is 11.3. The van der Waals surface area contributed by atoms with Crippen LogP contribution in [-0.4, -0.2) is 56.4 Å². The lowest BCUT2D eigenvalue weighted by Gasteiger charge is -2.31. The number of methoxy groups -OCH3 is 3. The van der Waals surface area contributed by atoms with Crippen LogP contribution in [0.25, 0.3) is 10.2 Å². The second-order valence-corrected chi connectivity index (χ2v) is 8.46. The molecule has 1 aromatic heterocycles. The van der Waals surface area contributed by atoms with Gasteiger partial charge >= 0.3 is 6.03 Å². The molecule has 0 aliphatic carbocycles. The van der Waals surface area contributed by atoms with Crippen molar-refractivity contribution in [2.45, 2.75) is 25.5 Å². The quantitative estimate of drug-likeness (QED) is 0.576. The maximum absolute atomic E-state index is 12.6. The fourth-order valence-corrected chi connectivity index (χ4v) is 4.57. The molecule has 1 N–H and O–H groups in total. The molecule has 2 aromatic carbocycles. The molecule has 0 unspecified atom stereocenters. The van der Waals surface area contributed by atoms with Gasteiger partial charge in [0, 0.05) is 32.5 Å². The van der Waals surface area contributed by atoms with Crippen LogP contribution in [0, 0.1) is 0 Å². The van der Waals surface area contributed by atoms with Crippen molar-refractivity contribution in [1.29, 1.82) is 0 Å². The highest BCUT2D eigenvalue weighted by Crippen LogP contribution is 2.32. The molecule has 2 heterocycles. The summed E-state index contributed by atoms with van der Waals surface area (Å²) in [6, 6.07) is 11.3. The zero-order valence-electron chi connectivity index (χ0n) is 18.4. The van der Waals surface area contributed by atoms with Crippen LogP contribution in [0.3, 0.4) is 0 Å². The van der Waals surface area contributed by atoms with E-state index in [2.05, 4.69) is 10.3 Å². The van der Waals surface area contributed by atoms with Gasteiger partial charge in [-0.15, -0.1) is 0 Å². The van der Waals surface area contributed by atoms with E-state index >= 15 is 0 Å². The van der Waals surface area contributed by atoms with E-state index < -0.39 is 0 Å². The van der Waals surface area contributed by atoms with Gasteiger partial charge < -0.3 is 29.2 Å². The number of aromatic nitrogens is 1. The molecule has 2 amide bonds. The number of amides is 2. The fraction of sp³-hybridized carbons (Fsp3) is 0.391. The normalized spacial score (nSPS) is 14.3. The number of carbonyl (C=O) groups excluding carboxylic acids is 1. The lowest BCUT2D eigenvalue weighted by Crippen LogP contribution is -2.46. The van der Waals surface area contributed by atoms with Crippen molar-refractivity contribution < 1.29 is 23.7 Å². The topological polar surface area (TPSA) is 82.2 Å². The second-order valence-electron chi connectivity index (χ2n) is 7.47. The Hall–Kier alpha value is -3.20. The van der Waals surface area contributed by atoms with E-state index in [1.807, 2.05) is 41.3 Å². The van der Waals surface area contributed by atoms with Crippen molar-refractivity contribution >= 4 is 27.6 Å². The molecule has 1 fully saturated rings. The van der Waals surface area contributed by atoms with Gasteiger partial charge in [0.25, 0.3) is 5.19 Å². The molecule has 0 saturated carbocycles. The SMILES string of the molecule is COc1ccc2nc(OC3CCN(C(=O)NCc4ccc(OC)c(OC)c4)CC3)sc2c1. The van der Waals surface area contributed by atoms with Crippen LogP contribution in [0.15, 0.2) is 36.4 Å². The monoisotopic (exact) mass is 457 g/mol. The number of thiazole rings is 1. The van der Waals surface area contributed by atoms with Crippen molar-refractivity contribution in [2.75, 3.05) is 34.4 Å². The van der Waals surface area contributed by atoms with Gasteiger partial charge in [-0.2, -0.15) is 0 Å². The zero-order valence-corrected chi connectivity index (χ0v) is 19.2. The van der Waals surface area contributed by atoms with Crippen molar-refractivity contribution in [3.63, 3.8) is 0 Å². The Morgan fingerprint density at radius 3 is 2.56 bits per heavy atom. The minimum Gasteiger partial charge on any atom is -0.497 e. The average Bonchev–Trinajstić information content (AvgIpc) is 3.24. The summed E-state index contributed by atoms with van der Waals surface area (Å²) >= 11 is 1.51. The van der Waals surface area contributed by atoms with Crippen LogP contribution in [0.5, 0.6) is 22.4 Å². The van der Waals surface area contributed by atoms with E-state index in [1.54, 1.807) is 21.3 Å². The van der Waals surface area contributed by atoms with Crippen LogP contribution in [-0.2, 0) is 6.54 Å². The van der Waals surface area contributed by atoms with Crippen LogP contribution in [0.1, 0.15) is 18.4 Å². The lowest BCUT2D eigenvalue weighted by atomic mass is 10.1. The third-order valence-corrected chi connectivity index (χ3v) is 6.37. The smallest absolute Gasteiger partial charge is 0.317 e. The molecule has 0 atom stereocenters. The molecule has 170 valence electrons. The first-order valence-electron chi connectivity index (χ1n) is 10.4. The lowest BCUT2D eigenvalue weighted by molar-refractivity contribution is 0.111. The molecular weight excluding hydrogens is 430 g/mol. The maximum atomic E-state index is 12.6. The first-order chi connectivity index (χ1) is 15.6. The van der Waals surface area contributed by atoms with Crippen LogP contribution < -0.4 is 24.3 Å². The van der Waals surface area contributed by atoms with Crippen molar-refractivity contribution in [1.82, 2.24) is 15.2 Å². The number of hydrogen-bond acceptors (Lipinski definition) is 7. The summed E-state index contributed by atoms with van der Waals surface area (Å²) in [7, 11) is 4.84. The molecule has 32 heavy (non-hydrogen) atoms. The Labute approximate surface area is 191 Å². The summed E-state index contributed by atoms with van der Waals surface area (Å²) in [4.78, 5) is 19.0. The maximum Gasteiger partial charge on any atom is 0.317 e. The molecule has 0 radical (unpaired) electrons. The van der Waals surface area contributed by atoms with E-state index in [4.69, 9.17) is 18.9 Å². The van der Waals surface area contributed by atoms with E-state index in [0.717, 1.165) is 34.4 Å². The molecule has 1 saturated heterocycles.